The minimum atomic E-state index is -0.487. The molecule has 1 aliphatic rings. The molecule has 1 atom stereocenters. The third-order valence-electron chi connectivity index (χ3n) is 3.66. The number of aliphatic hydroxyl groups is 1. The van der Waals surface area contributed by atoms with Crippen LogP contribution >= 0.6 is 0 Å². The summed E-state index contributed by atoms with van der Waals surface area (Å²) < 4.78 is 11.7. The Kier molecular flexibility index (Phi) is 5.29. The molecule has 5 nitrogen and oxygen atoms in total. The van der Waals surface area contributed by atoms with Crippen molar-refractivity contribution in [1.82, 2.24) is 0 Å². The summed E-state index contributed by atoms with van der Waals surface area (Å²) in [5.41, 5.74) is 1.39. The van der Waals surface area contributed by atoms with Crippen molar-refractivity contribution in [2.75, 3.05) is 11.5 Å². The van der Waals surface area contributed by atoms with Gasteiger partial charge in [0, 0.05) is 6.04 Å². The first-order chi connectivity index (χ1) is 10.5. The van der Waals surface area contributed by atoms with E-state index in [0.29, 0.717) is 35.8 Å². The van der Waals surface area contributed by atoms with E-state index in [9.17, 15) is 9.90 Å². The number of fused-ring (bicyclic) bond motifs is 1. The normalized spacial score (nSPS) is 17.5. The minimum Gasteiger partial charge on any atom is -0.490 e. The molecule has 0 saturated carbocycles. The van der Waals surface area contributed by atoms with E-state index in [1.807, 2.05) is 27.7 Å². The van der Waals surface area contributed by atoms with E-state index in [2.05, 4.69) is 0 Å². The SMILES string of the molecule is CCCOc1cc(CO)cc2c1OC(CC)C(=O)N2C(C)C. The summed E-state index contributed by atoms with van der Waals surface area (Å²) in [4.78, 5) is 14.3. The van der Waals surface area contributed by atoms with Crippen molar-refractivity contribution < 1.29 is 19.4 Å². The highest BCUT2D eigenvalue weighted by Gasteiger charge is 2.36. The maximum atomic E-state index is 12.6. The van der Waals surface area contributed by atoms with E-state index in [4.69, 9.17) is 9.47 Å². The van der Waals surface area contributed by atoms with Crippen LogP contribution in [0, 0.1) is 0 Å². The zero-order chi connectivity index (χ0) is 16.3. The van der Waals surface area contributed by atoms with Gasteiger partial charge >= 0.3 is 0 Å². The van der Waals surface area contributed by atoms with Gasteiger partial charge < -0.3 is 19.5 Å². The molecule has 0 spiro atoms. The quantitative estimate of drug-likeness (QED) is 0.878. The number of benzene rings is 1. The first-order valence-electron chi connectivity index (χ1n) is 7.93. The average Bonchev–Trinajstić information content (AvgIpc) is 2.51. The highest BCUT2D eigenvalue weighted by atomic mass is 16.5. The number of carbonyl (C=O) groups is 1. The van der Waals surface area contributed by atoms with Crippen LogP contribution in [-0.2, 0) is 11.4 Å². The van der Waals surface area contributed by atoms with Gasteiger partial charge in [-0.15, -0.1) is 0 Å². The molecule has 0 fully saturated rings. The van der Waals surface area contributed by atoms with Gasteiger partial charge in [-0.2, -0.15) is 0 Å². The smallest absolute Gasteiger partial charge is 0.268 e. The number of amides is 1. The van der Waals surface area contributed by atoms with Gasteiger partial charge in [0.05, 0.1) is 18.9 Å². The summed E-state index contributed by atoms with van der Waals surface area (Å²) >= 11 is 0. The summed E-state index contributed by atoms with van der Waals surface area (Å²) in [6.45, 7) is 8.36. The fourth-order valence-corrected chi connectivity index (χ4v) is 2.61. The maximum absolute atomic E-state index is 12.6. The Hall–Kier alpha value is -1.75. The number of nitrogens with zero attached hydrogens (tertiary/aromatic N) is 1. The molecule has 0 saturated heterocycles. The van der Waals surface area contributed by atoms with Gasteiger partial charge in [-0.05, 0) is 44.4 Å². The Morgan fingerprint density at radius 1 is 1.36 bits per heavy atom. The topological polar surface area (TPSA) is 59.0 Å². The first kappa shape index (κ1) is 16.6. The standard InChI is InChI=1S/C17H25NO4/c1-5-7-21-15-9-12(10-19)8-13-16(15)22-14(6-2)17(20)18(13)11(3)4/h8-9,11,14,19H,5-7,10H2,1-4H3. The van der Waals surface area contributed by atoms with Crippen LogP contribution in [0.25, 0.3) is 0 Å². The van der Waals surface area contributed by atoms with Crippen molar-refractivity contribution >= 4 is 11.6 Å². The highest BCUT2D eigenvalue weighted by Crippen LogP contribution is 2.44. The molecule has 1 aliphatic heterocycles. The molecular weight excluding hydrogens is 282 g/mol. The Morgan fingerprint density at radius 3 is 2.64 bits per heavy atom. The van der Waals surface area contributed by atoms with E-state index in [1.165, 1.54) is 0 Å². The summed E-state index contributed by atoms with van der Waals surface area (Å²) in [5, 5.41) is 9.48. The molecule has 0 aliphatic carbocycles. The molecule has 1 aromatic rings. The van der Waals surface area contributed by atoms with Gasteiger partial charge in [-0.1, -0.05) is 13.8 Å². The Balaban J connectivity index is 2.55. The lowest BCUT2D eigenvalue weighted by Gasteiger charge is -2.37. The molecule has 1 amide bonds. The van der Waals surface area contributed by atoms with Gasteiger partial charge in [0.2, 0.25) is 0 Å². The maximum Gasteiger partial charge on any atom is 0.268 e. The van der Waals surface area contributed by atoms with Crippen molar-refractivity contribution in [1.29, 1.82) is 0 Å². The lowest BCUT2D eigenvalue weighted by atomic mass is 10.1. The molecule has 1 heterocycles. The second-order valence-corrected chi connectivity index (χ2v) is 5.77. The van der Waals surface area contributed by atoms with Crippen molar-refractivity contribution in [2.24, 2.45) is 0 Å². The third kappa shape index (κ3) is 3.04. The van der Waals surface area contributed by atoms with Crippen molar-refractivity contribution in [2.45, 2.75) is 59.3 Å². The van der Waals surface area contributed by atoms with E-state index < -0.39 is 6.10 Å². The number of aliphatic hydroxyl groups excluding tert-OH is 1. The molecule has 1 aromatic carbocycles. The zero-order valence-electron chi connectivity index (χ0n) is 13.8. The highest BCUT2D eigenvalue weighted by molar-refractivity contribution is 6.01. The Bertz CT molecular complexity index is 542. The summed E-state index contributed by atoms with van der Waals surface area (Å²) in [6.07, 6.45) is 0.998. The van der Waals surface area contributed by atoms with Crippen LogP contribution in [0.15, 0.2) is 12.1 Å². The molecule has 122 valence electrons. The van der Waals surface area contributed by atoms with Crippen LogP contribution < -0.4 is 14.4 Å². The van der Waals surface area contributed by atoms with Crippen LogP contribution in [0.5, 0.6) is 11.5 Å². The lowest BCUT2D eigenvalue weighted by Crippen LogP contribution is -2.49. The number of rotatable bonds is 6. The third-order valence-corrected chi connectivity index (χ3v) is 3.66. The Morgan fingerprint density at radius 2 is 2.09 bits per heavy atom. The number of ether oxygens (including phenoxy) is 2. The molecule has 22 heavy (non-hydrogen) atoms. The molecule has 0 aromatic heterocycles. The first-order valence-corrected chi connectivity index (χ1v) is 7.93. The molecule has 5 heteroatoms. The lowest BCUT2D eigenvalue weighted by molar-refractivity contribution is -0.126. The molecule has 1 N–H and O–H groups in total. The van der Waals surface area contributed by atoms with Gasteiger partial charge in [0.15, 0.2) is 17.6 Å². The number of hydrogen-bond donors (Lipinski definition) is 1. The fourth-order valence-electron chi connectivity index (χ4n) is 2.61. The van der Waals surface area contributed by atoms with Gasteiger partial charge in [-0.3, -0.25) is 4.79 Å². The second kappa shape index (κ2) is 7.01. The molecule has 1 unspecified atom stereocenters. The predicted octanol–water partition coefficient (Wildman–Crippen LogP) is 2.88. The van der Waals surface area contributed by atoms with Crippen LogP contribution in [-0.4, -0.2) is 29.8 Å². The molecular formula is C17H25NO4. The van der Waals surface area contributed by atoms with Crippen molar-refractivity contribution in [3.05, 3.63) is 17.7 Å². The largest absolute Gasteiger partial charge is 0.490 e. The zero-order valence-corrected chi connectivity index (χ0v) is 13.8. The van der Waals surface area contributed by atoms with E-state index in [0.717, 1.165) is 6.42 Å². The van der Waals surface area contributed by atoms with Crippen LogP contribution in [0.3, 0.4) is 0 Å². The van der Waals surface area contributed by atoms with Crippen LogP contribution in [0.1, 0.15) is 46.1 Å². The molecule has 2 rings (SSSR count). The van der Waals surface area contributed by atoms with Crippen molar-refractivity contribution in [3.63, 3.8) is 0 Å². The summed E-state index contributed by atoms with van der Waals surface area (Å²) in [7, 11) is 0. The minimum absolute atomic E-state index is 0.0113. The number of hydrogen-bond acceptors (Lipinski definition) is 4. The fraction of sp³-hybridized carbons (Fsp3) is 0.588. The van der Waals surface area contributed by atoms with Crippen LogP contribution in [0.4, 0.5) is 5.69 Å². The monoisotopic (exact) mass is 307 g/mol. The molecule has 0 radical (unpaired) electrons. The number of carbonyl (C=O) groups excluding carboxylic acids is 1. The van der Waals surface area contributed by atoms with Gasteiger partial charge in [-0.25, -0.2) is 0 Å². The average molecular weight is 307 g/mol. The van der Waals surface area contributed by atoms with E-state index in [-0.39, 0.29) is 18.6 Å². The van der Waals surface area contributed by atoms with E-state index >= 15 is 0 Å². The Labute approximate surface area is 131 Å². The number of anilines is 1. The summed E-state index contributed by atoms with van der Waals surface area (Å²) in [5.74, 6) is 1.16. The summed E-state index contributed by atoms with van der Waals surface area (Å²) in [6, 6.07) is 3.60. The predicted molar refractivity (Wildman–Crippen MR) is 85.5 cm³/mol. The van der Waals surface area contributed by atoms with E-state index in [1.54, 1.807) is 17.0 Å². The van der Waals surface area contributed by atoms with Gasteiger partial charge in [0.1, 0.15) is 0 Å². The van der Waals surface area contributed by atoms with Gasteiger partial charge in [0.25, 0.3) is 5.91 Å². The van der Waals surface area contributed by atoms with Crippen LogP contribution in [0.2, 0.25) is 0 Å². The second-order valence-electron chi connectivity index (χ2n) is 5.77. The molecule has 0 bridgehead atoms. The van der Waals surface area contributed by atoms with Crippen molar-refractivity contribution in [3.8, 4) is 11.5 Å².